The second-order valence-electron chi connectivity index (χ2n) is 5.15. The Hall–Kier alpha value is -1.29. The molecule has 0 saturated carbocycles. The van der Waals surface area contributed by atoms with Gasteiger partial charge in [-0.25, -0.2) is 0 Å². The highest BCUT2D eigenvalue weighted by Crippen LogP contribution is 2.44. The van der Waals surface area contributed by atoms with Gasteiger partial charge >= 0.3 is 0 Å². The van der Waals surface area contributed by atoms with Crippen LogP contribution in [0.5, 0.6) is 0 Å². The maximum absolute atomic E-state index is 6.07. The highest BCUT2D eigenvalue weighted by Gasteiger charge is 2.37. The number of thioether (sulfide) groups is 1. The Bertz CT molecular complexity index is 504. The molecule has 2 aromatic rings. The summed E-state index contributed by atoms with van der Waals surface area (Å²) in [5, 5.41) is 0. The van der Waals surface area contributed by atoms with Gasteiger partial charge in [-0.3, -0.25) is 0 Å². The first kappa shape index (κ1) is 13.7. The minimum atomic E-state index is -0.156. The molecule has 0 unspecified atom stereocenters. The minimum absolute atomic E-state index is 0.106. The van der Waals surface area contributed by atoms with E-state index in [4.69, 9.17) is 10.5 Å². The molecule has 20 heavy (non-hydrogen) atoms. The van der Waals surface area contributed by atoms with Crippen LogP contribution in [0, 0.1) is 0 Å². The van der Waals surface area contributed by atoms with E-state index >= 15 is 0 Å². The highest BCUT2D eigenvalue weighted by atomic mass is 32.2. The third-order valence-corrected chi connectivity index (χ3v) is 5.34. The molecule has 1 atom stereocenters. The maximum Gasteiger partial charge on any atom is 0.0890 e. The van der Waals surface area contributed by atoms with E-state index in [9.17, 15) is 0 Å². The van der Waals surface area contributed by atoms with Crippen LogP contribution in [0.3, 0.4) is 0 Å². The van der Waals surface area contributed by atoms with E-state index in [-0.39, 0.29) is 10.8 Å². The monoisotopic (exact) mass is 285 g/mol. The van der Waals surface area contributed by atoms with Crippen molar-refractivity contribution in [2.75, 3.05) is 19.0 Å². The molecule has 1 heterocycles. The van der Waals surface area contributed by atoms with E-state index in [2.05, 4.69) is 60.7 Å². The third-order valence-electron chi connectivity index (χ3n) is 3.66. The Morgan fingerprint density at radius 1 is 0.950 bits per heavy atom. The topological polar surface area (TPSA) is 35.2 Å². The lowest BCUT2D eigenvalue weighted by Crippen LogP contribution is -2.29. The smallest absolute Gasteiger partial charge is 0.0890 e. The number of ether oxygens (including phenoxy) is 1. The number of nitrogens with two attached hydrogens (primary N) is 1. The van der Waals surface area contributed by atoms with Crippen LogP contribution in [0.1, 0.15) is 11.1 Å². The van der Waals surface area contributed by atoms with Crippen molar-refractivity contribution in [2.45, 2.75) is 10.8 Å². The van der Waals surface area contributed by atoms with Crippen LogP contribution in [0.25, 0.3) is 0 Å². The van der Waals surface area contributed by atoms with Crippen molar-refractivity contribution in [3.8, 4) is 0 Å². The molecule has 1 fully saturated rings. The van der Waals surface area contributed by atoms with E-state index in [0.717, 1.165) is 5.75 Å². The predicted molar refractivity (Wildman–Crippen MR) is 84.9 cm³/mol. The van der Waals surface area contributed by atoms with Crippen LogP contribution in [0.15, 0.2) is 60.7 Å². The van der Waals surface area contributed by atoms with Crippen molar-refractivity contribution in [3.63, 3.8) is 0 Å². The molecule has 104 valence electrons. The van der Waals surface area contributed by atoms with Crippen LogP contribution in [-0.2, 0) is 9.48 Å². The van der Waals surface area contributed by atoms with E-state index in [1.54, 1.807) is 0 Å². The molecule has 2 nitrogen and oxygen atoms in total. The van der Waals surface area contributed by atoms with Crippen molar-refractivity contribution >= 4 is 11.8 Å². The van der Waals surface area contributed by atoms with Gasteiger partial charge in [-0.15, -0.1) is 11.8 Å². The van der Waals surface area contributed by atoms with Gasteiger partial charge in [-0.05, 0) is 11.1 Å². The van der Waals surface area contributed by atoms with E-state index in [0.29, 0.717) is 13.2 Å². The van der Waals surface area contributed by atoms with E-state index in [1.807, 2.05) is 11.8 Å². The van der Waals surface area contributed by atoms with E-state index in [1.165, 1.54) is 11.1 Å². The molecule has 3 rings (SSSR count). The second kappa shape index (κ2) is 6.00. The lowest BCUT2D eigenvalue weighted by molar-refractivity contribution is 0.117. The molecule has 0 aliphatic carbocycles. The molecule has 0 radical (unpaired) electrons. The summed E-state index contributed by atoms with van der Waals surface area (Å²) in [5.41, 5.74) is 8.63. The number of rotatable bonds is 2. The first-order valence-electron chi connectivity index (χ1n) is 6.89. The summed E-state index contributed by atoms with van der Waals surface area (Å²) in [6.07, 6.45) is 0. The summed E-state index contributed by atoms with van der Waals surface area (Å²) in [5.74, 6) is 0.907. The standard InChI is InChI=1S/C17H19NOS/c18-16-11-19-13-17(20-12-16,14-7-3-1-4-8-14)15-9-5-2-6-10-15/h1-10,16H,11-13,18H2/t16-/m1/s1. The summed E-state index contributed by atoms with van der Waals surface area (Å²) in [4.78, 5) is 0. The zero-order valence-corrected chi connectivity index (χ0v) is 12.2. The molecule has 1 saturated heterocycles. The van der Waals surface area contributed by atoms with Gasteiger partial charge < -0.3 is 10.5 Å². The molecular weight excluding hydrogens is 266 g/mol. The van der Waals surface area contributed by atoms with Crippen molar-refractivity contribution in [2.24, 2.45) is 5.73 Å². The SMILES string of the molecule is N[C@@H]1COCC(c2ccccc2)(c2ccccc2)SC1. The first-order valence-corrected chi connectivity index (χ1v) is 7.88. The minimum Gasteiger partial charge on any atom is -0.378 e. The van der Waals surface area contributed by atoms with Crippen molar-refractivity contribution in [3.05, 3.63) is 71.8 Å². The Morgan fingerprint density at radius 3 is 2.05 bits per heavy atom. The van der Waals surface area contributed by atoms with Gasteiger partial charge in [0.25, 0.3) is 0 Å². The van der Waals surface area contributed by atoms with Crippen LogP contribution in [0.2, 0.25) is 0 Å². The molecular formula is C17H19NOS. The molecule has 3 heteroatoms. The maximum atomic E-state index is 6.07. The van der Waals surface area contributed by atoms with Crippen molar-refractivity contribution in [1.82, 2.24) is 0 Å². The number of benzene rings is 2. The third kappa shape index (κ3) is 2.62. The fraction of sp³-hybridized carbons (Fsp3) is 0.294. The van der Waals surface area contributed by atoms with Gasteiger partial charge in [0, 0.05) is 11.8 Å². The van der Waals surface area contributed by atoms with Gasteiger partial charge in [-0.2, -0.15) is 0 Å². The molecule has 0 spiro atoms. The normalized spacial score (nSPS) is 22.1. The molecule has 0 amide bonds. The van der Waals surface area contributed by atoms with Crippen LogP contribution >= 0.6 is 11.8 Å². The molecule has 1 aliphatic rings. The number of hydrogen-bond donors (Lipinski definition) is 1. The summed E-state index contributed by atoms with van der Waals surface area (Å²) in [6.45, 7) is 1.30. The van der Waals surface area contributed by atoms with Gasteiger partial charge in [0.1, 0.15) is 0 Å². The van der Waals surface area contributed by atoms with Crippen molar-refractivity contribution < 1.29 is 4.74 Å². The number of hydrogen-bond acceptors (Lipinski definition) is 3. The fourth-order valence-electron chi connectivity index (χ4n) is 2.61. The molecule has 0 aromatic heterocycles. The largest absolute Gasteiger partial charge is 0.378 e. The Balaban J connectivity index is 2.08. The summed E-state index contributed by atoms with van der Waals surface area (Å²) in [7, 11) is 0. The summed E-state index contributed by atoms with van der Waals surface area (Å²) < 4.78 is 5.73. The molecule has 0 bridgehead atoms. The van der Waals surface area contributed by atoms with E-state index < -0.39 is 0 Å². The second-order valence-corrected chi connectivity index (χ2v) is 6.46. The van der Waals surface area contributed by atoms with Gasteiger partial charge in [0.05, 0.1) is 18.0 Å². The van der Waals surface area contributed by atoms with Crippen LogP contribution in [0.4, 0.5) is 0 Å². The fourth-order valence-corrected chi connectivity index (χ4v) is 3.97. The van der Waals surface area contributed by atoms with Crippen LogP contribution in [-0.4, -0.2) is 25.0 Å². The average molecular weight is 285 g/mol. The Labute approximate surface area is 124 Å². The van der Waals surface area contributed by atoms with Gasteiger partial charge in [0.2, 0.25) is 0 Å². The highest BCUT2D eigenvalue weighted by molar-refractivity contribution is 8.00. The van der Waals surface area contributed by atoms with Crippen molar-refractivity contribution in [1.29, 1.82) is 0 Å². The van der Waals surface area contributed by atoms with Gasteiger partial charge in [0.15, 0.2) is 0 Å². The first-order chi connectivity index (χ1) is 9.81. The average Bonchev–Trinajstić information content (AvgIpc) is 2.72. The molecule has 1 aliphatic heterocycles. The van der Waals surface area contributed by atoms with Gasteiger partial charge in [-0.1, -0.05) is 60.7 Å². The summed E-state index contributed by atoms with van der Waals surface area (Å²) in [6, 6.07) is 21.3. The Kier molecular flexibility index (Phi) is 4.10. The lowest BCUT2D eigenvalue weighted by atomic mass is 9.91. The summed E-state index contributed by atoms with van der Waals surface area (Å²) >= 11 is 1.90. The lowest BCUT2D eigenvalue weighted by Gasteiger charge is -2.32. The zero-order chi connectivity index (χ0) is 13.8. The molecule has 2 N–H and O–H groups in total. The zero-order valence-electron chi connectivity index (χ0n) is 11.4. The van der Waals surface area contributed by atoms with Crippen LogP contribution < -0.4 is 5.73 Å². The predicted octanol–water partition coefficient (Wildman–Crippen LogP) is 3.02. The Morgan fingerprint density at radius 2 is 1.50 bits per heavy atom. The molecule has 2 aromatic carbocycles. The quantitative estimate of drug-likeness (QED) is 0.921.